The molecule has 0 saturated carbocycles. The summed E-state index contributed by atoms with van der Waals surface area (Å²) in [4.78, 5) is 1.64. The van der Waals surface area contributed by atoms with E-state index in [2.05, 4.69) is 20.7 Å². The van der Waals surface area contributed by atoms with Crippen molar-refractivity contribution in [1.29, 1.82) is 0 Å². The summed E-state index contributed by atoms with van der Waals surface area (Å²) < 4.78 is 9.58. The van der Waals surface area contributed by atoms with Crippen molar-refractivity contribution in [1.82, 2.24) is 0 Å². The third-order valence-corrected chi connectivity index (χ3v) is 1.49. The van der Waals surface area contributed by atoms with Crippen molar-refractivity contribution in [2.45, 2.75) is 0 Å². The number of rotatable bonds is 5. The van der Waals surface area contributed by atoms with Gasteiger partial charge in [0.25, 0.3) is 0 Å². The van der Waals surface area contributed by atoms with Crippen LogP contribution in [0.4, 0.5) is 0 Å². The number of hydrogen-bond donors (Lipinski definition) is 1. The second-order valence-corrected chi connectivity index (χ2v) is 2.14. The van der Waals surface area contributed by atoms with Crippen LogP contribution in [0.2, 0.25) is 0 Å². The smallest absolute Gasteiger partial charge is 0.146 e. The Labute approximate surface area is 68.8 Å². The Morgan fingerprint density at radius 2 is 2.40 bits per heavy atom. The summed E-state index contributed by atoms with van der Waals surface area (Å²) in [6.45, 7) is 0.662. The number of ether oxygens (including phenoxy) is 2. The van der Waals surface area contributed by atoms with E-state index in [0.717, 1.165) is 5.57 Å². The molecule has 0 aromatic carbocycles. The molecule has 0 heterocycles. The lowest BCUT2D eigenvalue weighted by atomic mass is 10.4. The van der Waals surface area contributed by atoms with Gasteiger partial charge in [0.1, 0.15) is 6.79 Å². The molecule has 0 saturated heterocycles. The molecule has 10 heavy (non-hydrogen) atoms. The van der Waals surface area contributed by atoms with Crippen molar-refractivity contribution >= 4 is 15.9 Å². The fourth-order valence-corrected chi connectivity index (χ4v) is 0.645. The van der Waals surface area contributed by atoms with E-state index in [9.17, 15) is 0 Å². The van der Waals surface area contributed by atoms with Gasteiger partial charge in [-0.3, -0.25) is 0 Å². The van der Waals surface area contributed by atoms with E-state index in [1.54, 1.807) is 12.1 Å². The maximum Gasteiger partial charge on any atom is 0.146 e. The van der Waals surface area contributed by atoms with Gasteiger partial charge in [0.15, 0.2) is 0 Å². The Morgan fingerprint density at radius 3 is 2.80 bits per heavy atom. The number of halogens is 1. The standard InChI is InChI=1S/C6H11BrO3/c1-9-5-10-4-6(2-7)3-8/h2,8H,3-5H2,1H3/b6-2+. The summed E-state index contributed by atoms with van der Waals surface area (Å²) >= 11 is 3.09. The number of aliphatic hydroxyl groups excluding tert-OH is 1. The van der Waals surface area contributed by atoms with Gasteiger partial charge in [-0.2, -0.15) is 0 Å². The number of aliphatic hydroxyl groups is 1. The van der Waals surface area contributed by atoms with Gasteiger partial charge in [0.2, 0.25) is 0 Å². The Bertz CT molecular complexity index is 103. The lowest BCUT2D eigenvalue weighted by Crippen LogP contribution is -2.03. The second kappa shape index (κ2) is 7.21. The zero-order valence-electron chi connectivity index (χ0n) is 5.84. The Hall–Kier alpha value is 0.1000. The molecule has 0 unspecified atom stereocenters. The van der Waals surface area contributed by atoms with Crippen LogP contribution in [0, 0.1) is 0 Å². The first kappa shape index (κ1) is 10.1. The van der Waals surface area contributed by atoms with E-state index in [1.165, 1.54) is 0 Å². The molecule has 0 aromatic rings. The van der Waals surface area contributed by atoms with Gasteiger partial charge in [0, 0.05) is 7.11 Å². The number of methoxy groups -OCH3 is 1. The third-order valence-electron chi connectivity index (χ3n) is 0.846. The van der Waals surface area contributed by atoms with Crippen molar-refractivity contribution in [3.8, 4) is 0 Å². The molecule has 0 radical (unpaired) electrons. The minimum absolute atomic E-state index is 0.00889. The first-order chi connectivity index (χ1) is 4.85. The van der Waals surface area contributed by atoms with Crippen LogP contribution in [0.3, 0.4) is 0 Å². The van der Waals surface area contributed by atoms with Gasteiger partial charge in [-0.25, -0.2) is 0 Å². The molecule has 3 nitrogen and oxygen atoms in total. The van der Waals surface area contributed by atoms with Crippen LogP contribution in [0.1, 0.15) is 0 Å². The van der Waals surface area contributed by atoms with Gasteiger partial charge >= 0.3 is 0 Å². The van der Waals surface area contributed by atoms with Gasteiger partial charge in [-0.05, 0) is 10.6 Å². The van der Waals surface area contributed by atoms with E-state index in [1.807, 2.05) is 0 Å². The van der Waals surface area contributed by atoms with Crippen LogP contribution in [-0.2, 0) is 9.47 Å². The highest BCUT2D eigenvalue weighted by Gasteiger charge is 1.92. The molecule has 1 N–H and O–H groups in total. The van der Waals surface area contributed by atoms with Gasteiger partial charge in [-0.1, -0.05) is 15.9 Å². The highest BCUT2D eigenvalue weighted by molar-refractivity contribution is 9.11. The molecule has 0 aliphatic heterocycles. The molecule has 4 heteroatoms. The lowest BCUT2D eigenvalue weighted by molar-refractivity contribution is -0.0227. The lowest BCUT2D eigenvalue weighted by Gasteiger charge is -2.02. The summed E-state index contributed by atoms with van der Waals surface area (Å²) in [6.07, 6.45) is 0. The normalized spacial score (nSPS) is 12.1. The van der Waals surface area contributed by atoms with E-state index in [-0.39, 0.29) is 13.4 Å². The molecule has 0 amide bonds. The monoisotopic (exact) mass is 210 g/mol. The molecule has 0 fully saturated rings. The third kappa shape index (κ3) is 4.93. The van der Waals surface area contributed by atoms with Crippen molar-refractivity contribution < 1.29 is 14.6 Å². The number of hydrogen-bond acceptors (Lipinski definition) is 3. The van der Waals surface area contributed by atoms with Crippen LogP contribution >= 0.6 is 15.9 Å². The molecule has 0 spiro atoms. The molecular formula is C6H11BrO3. The van der Waals surface area contributed by atoms with E-state index >= 15 is 0 Å². The summed E-state index contributed by atoms with van der Waals surface area (Å²) in [5.41, 5.74) is 0.789. The van der Waals surface area contributed by atoms with Gasteiger partial charge in [0.05, 0.1) is 13.2 Å². The summed E-state index contributed by atoms with van der Waals surface area (Å²) in [5, 5.41) is 8.61. The van der Waals surface area contributed by atoms with Crippen molar-refractivity contribution in [2.24, 2.45) is 0 Å². The van der Waals surface area contributed by atoms with Crippen molar-refractivity contribution in [2.75, 3.05) is 27.1 Å². The molecule has 0 rings (SSSR count). The molecule has 0 aliphatic carbocycles. The van der Waals surface area contributed by atoms with Gasteiger partial charge < -0.3 is 14.6 Å². The van der Waals surface area contributed by atoms with Crippen LogP contribution < -0.4 is 0 Å². The average molecular weight is 211 g/mol. The van der Waals surface area contributed by atoms with Crippen LogP contribution in [0.15, 0.2) is 10.6 Å². The average Bonchev–Trinajstić information content (AvgIpc) is 1.99. The first-order valence-corrected chi connectivity index (χ1v) is 3.72. The maximum absolute atomic E-state index is 8.61. The van der Waals surface area contributed by atoms with Crippen molar-refractivity contribution in [3.63, 3.8) is 0 Å². The fourth-order valence-electron chi connectivity index (χ4n) is 0.368. The summed E-state index contributed by atoms with van der Waals surface area (Å²) in [5.74, 6) is 0. The Kier molecular flexibility index (Phi) is 7.28. The van der Waals surface area contributed by atoms with Crippen molar-refractivity contribution in [3.05, 3.63) is 10.6 Å². The van der Waals surface area contributed by atoms with E-state index in [4.69, 9.17) is 9.84 Å². The molecule has 0 aromatic heterocycles. The second-order valence-electron chi connectivity index (χ2n) is 1.68. The Balaban J connectivity index is 3.27. The molecule has 60 valence electrons. The van der Waals surface area contributed by atoms with Crippen LogP contribution in [0.25, 0.3) is 0 Å². The summed E-state index contributed by atoms with van der Waals surface area (Å²) in [6, 6.07) is 0. The predicted molar refractivity (Wildman–Crippen MR) is 41.9 cm³/mol. The fraction of sp³-hybridized carbons (Fsp3) is 0.667. The quantitative estimate of drug-likeness (QED) is 0.541. The minimum atomic E-state index is 0.00889. The van der Waals surface area contributed by atoms with Gasteiger partial charge in [-0.15, -0.1) is 0 Å². The predicted octanol–water partition coefficient (Wildman–Crippen LogP) is 0.878. The Morgan fingerprint density at radius 1 is 1.70 bits per heavy atom. The van der Waals surface area contributed by atoms with E-state index < -0.39 is 0 Å². The SMILES string of the molecule is COCOC/C(=C/Br)CO. The largest absolute Gasteiger partial charge is 0.392 e. The molecular weight excluding hydrogens is 200 g/mol. The topological polar surface area (TPSA) is 38.7 Å². The van der Waals surface area contributed by atoms with Crippen LogP contribution in [-0.4, -0.2) is 32.2 Å². The minimum Gasteiger partial charge on any atom is -0.392 e. The molecule has 0 atom stereocenters. The first-order valence-electron chi connectivity index (χ1n) is 2.80. The summed E-state index contributed by atoms with van der Waals surface area (Å²) in [7, 11) is 1.55. The molecule has 0 bridgehead atoms. The zero-order chi connectivity index (χ0) is 7.82. The maximum atomic E-state index is 8.61. The zero-order valence-corrected chi connectivity index (χ0v) is 7.43. The highest BCUT2D eigenvalue weighted by atomic mass is 79.9. The highest BCUT2D eigenvalue weighted by Crippen LogP contribution is 1.97. The van der Waals surface area contributed by atoms with Crippen LogP contribution in [0.5, 0.6) is 0 Å². The van der Waals surface area contributed by atoms with E-state index in [0.29, 0.717) is 6.61 Å². The molecule has 0 aliphatic rings.